The highest BCUT2D eigenvalue weighted by Crippen LogP contribution is 2.25. The van der Waals surface area contributed by atoms with E-state index in [2.05, 4.69) is 11.8 Å². The predicted molar refractivity (Wildman–Crippen MR) is 125 cm³/mol. The number of nitrogens with zero attached hydrogens (tertiary/aromatic N) is 4. The normalized spacial score (nSPS) is 15.7. The Morgan fingerprint density at radius 3 is 2.48 bits per heavy atom. The summed E-state index contributed by atoms with van der Waals surface area (Å²) in [6, 6.07) is 13.4. The van der Waals surface area contributed by atoms with Gasteiger partial charge in [-0.3, -0.25) is 19.1 Å². The molecule has 1 unspecified atom stereocenters. The molecule has 1 atom stereocenters. The van der Waals surface area contributed by atoms with Crippen LogP contribution in [0.5, 0.6) is 0 Å². The van der Waals surface area contributed by atoms with Gasteiger partial charge in [0.25, 0.3) is 11.5 Å². The molecule has 1 amide bonds. The minimum atomic E-state index is -0.501. The summed E-state index contributed by atoms with van der Waals surface area (Å²) in [5.41, 5.74) is 0.708. The lowest BCUT2D eigenvalue weighted by atomic mass is 10.1. The molecule has 0 saturated carbocycles. The molecule has 1 aliphatic rings. The van der Waals surface area contributed by atoms with Gasteiger partial charge in [0, 0.05) is 33.3 Å². The molecule has 3 aromatic rings. The molecule has 2 aromatic carbocycles. The van der Waals surface area contributed by atoms with Crippen molar-refractivity contribution in [1.29, 1.82) is 0 Å². The van der Waals surface area contributed by atoms with Crippen molar-refractivity contribution in [3.05, 3.63) is 76.1 Å². The molecular weight excluding hydrogens is 423 g/mol. The van der Waals surface area contributed by atoms with E-state index in [9.17, 15) is 14.0 Å². The van der Waals surface area contributed by atoms with Gasteiger partial charge >= 0.3 is 0 Å². The zero-order valence-electron chi connectivity index (χ0n) is 19.0. The fraction of sp³-hybridized carbons (Fsp3) is 0.400. The van der Waals surface area contributed by atoms with E-state index >= 15 is 0 Å². The topological polar surface area (TPSA) is 67.7 Å². The Balaban J connectivity index is 1.59. The van der Waals surface area contributed by atoms with Crippen molar-refractivity contribution in [3.63, 3.8) is 0 Å². The average Bonchev–Trinajstić information content (AvgIpc) is 2.84. The molecule has 1 aromatic heterocycles. The maximum Gasteiger partial charge on any atom is 0.261 e. The number of piperazine rings is 1. The van der Waals surface area contributed by atoms with E-state index in [0.29, 0.717) is 56.1 Å². The zero-order valence-corrected chi connectivity index (χ0v) is 19.0. The molecule has 0 spiro atoms. The third-order valence-corrected chi connectivity index (χ3v) is 6.24. The number of benzene rings is 2. The first-order chi connectivity index (χ1) is 16.0. The number of halogens is 1. The third-order valence-electron chi connectivity index (χ3n) is 6.24. The maximum absolute atomic E-state index is 14.1. The molecule has 4 rings (SSSR count). The molecule has 0 aliphatic carbocycles. The van der Waals surface area contributed by atoms with Crippen LogP contribution in [-0.4, -0.2) is 65.2 Å². The van der Waals surface area contributed by atoms with Crippen LogP contribution in [0.15, 0.2) is 53.3 Å². The highest BCUT2D eigenvalue weighted by molar-refractivity contribution is 5.94. The van der Waals surface area contributed by atoms with Crippen molar-refractivity contribution in [2.45, 2.75) is 25.9 Å². The Hall–Kier alpha value is -3.10. The summed E-state index contributed by atoms with van der Waals surface area (Å²) >= 11 is 0. The Bertz CT molecular complexity index is 1190. The first-order valence-electron chi connectivity index (χ1n) is 11.3. The van der Waals surface area contributed by atoms with E-state index in [0.717, 1.165) is 6.42 Å². The summed E-state index contributed by atoms with van der Waals surface area (Å²) in [6.45, 7) is 5.11. The van der Waals surface area contributed by atoms with Crippen LogP contribution >= 0.6 is 0 Å². The zero-order chi connectivity index (χ0) is 23.4. The van der Waals surface area contributed by atoms with Gasteiger partial charge in [-0.15, -0.1) is 0 Å². The first kappa shape index (κ1) is 23.1. The molecule has 7 nitrogen and oxygen atoms in total. The monoisotopic (exact) mass is 452 g/mol. The van der Waals surface area contributed by atoms with Gasteiger partial charge in [0.2, 0.25) is 0 Å². The molecule has 1 aliphatic heterocycles. The molecule has 1 fully saturated rings. The molecule has 0 radical (unpaired) electrons. The molecule has 1 saturated heterocycles. The van der Waals surface area contributed by atoms with E-state index < -0.39 is 5.82 Å². The van der Waals surface area contributed by atoms with E-state index in [4.69, 9.17) is 9.72 Å². The SMILES string of the molecule is CCC(c1nc2ccccc2c(=O)n1CCOC)N1CCN(C(=O)c2ccccc2F)CC1. The first-order valence-corrected chi connectivity index (χ1v) is 11.3. The second-order valence-electron chi connectivity index (χ2n) is 8.17. The fourth-order valence-electron chi connectivity index (χ4n) is 4.48. The number of carbonyl (C=O) groups is 1. The van der Waals surface area contributed by atoms with Gasteiger partial charge in [0.15, 0.2) is 0 Å². The highest BCUT2D eigenvalue weighted by Gasteiger charge is 2.30. The minimum Gasteiger partial charge on any atom is -0.383 e. The molecule has 0 N–H and O–H groups in total. The Morgan fingerprint density at radius 1 is 1.09 bits per heavy atom. The van der Waals surface area contributed by atoms with Crippen molar-refractivity contribution in [2.75, 3.05) is 39.9 Å². The molecule has 8 heteroatoms. The molecule has 0 bridgehead atoms. The number of rotatable bonds is 7. The Labute approximate surface area is 192 Å². The number of methoxy groups -OCH3 is 1. The van der Waals surface area contributed by atoms with Gasteiger partial charge in [-0.05, 0) is 30.7 Å². The van der Waals surface area contributed by atoms with Crippen LogP contribution in [0.2, 0.25) is 0 Å². The number of amides is 1. The number of para-hydroxylation sites is 1. The van der Waals surface area contributed by atoms with Crippen molar-refractivity contribution in [2.24, 2.45) is 0 Å². The number of carbonyl (C=O) groups excluding carboxylic acids is 1. The molecular formula is C25H29FN4O3. The van der Waals surface area contributed by atoms with E-state index in [-0.39, 0.29) is 23.1 Å². The maximum atomic E-state index is 14.1. The smallest absolute Gasteiger partial charge is 0.261 e. The van der Waals surface area contributed by atoms with Crippen molar-refractivity contribution < 1.29 is 13.9 Å². The van der Waals surface area contributed by atoms with Gasteiger partial charge in [0.1, 0.15) is 11.6 Å². The summed E-state index contributed by atoms with van der Waals surface area (Å²) < 4.78 is 21.0. The highest BCUT2D eigenvalue weighted by atomic mass is 19.1. The number of hydrogen-bond acceptors (Lipinski definition) is 5. The van der Waals surface area contributed by atoms with Crippen LogP contribution in [-0.2, 0) is 11.3 Å². The summed E-state index contributed by atoms with van der Waals surface area (Å²) in [4.78, 5) is 34.9. The fourth-order valence-corrected chi connectivity index (χ4v) is 4.48. The number of hydrogen-bond donors (Lipinski definition) is 0. The largest absolute Gasteiger partial charge is 0.383 e. The molecule has 2 heterocycles. The summed E-state index contributed by atoms with van der Waals surface area (Å²) in [5.74, 6) is -0.0762. The van der Waals surface area contributed by atoms with Crippen LogP contribution in [0, 0.1) is 5.82 Å². The van der Waals surface area contributed by atoms with Crippen molar-refractivity contribution in [1.82, 2.24) is 19.4 Å². The lowest BCUT2D eigenvalue weighted by Crippen LogP contribution is -2.50. The lowest BCUT2D eigenvalue weighted by Gasteiger charge is -2.39. The quantitative estimate of drug-likeness (QED) is 0.551. The number of ether oxygens (including phenoxy) is 1. The van der Waals surface area contributed by atoms with E-state index in [1.807, 2.05) is 18.2 Å². The van der Waals surface area contributed by atoms with Crippen LogP contribution in [0.25, 0.3) is 10.9 Å². The van der Waals surface area contributed by atoms with Gasteiger partial charge in [0.05, 0.1) is 35.7 Å². The van der Waals surface area contributed by atoms with Crippen molar-refractivity contribution in [3.8, 4) is 0 Å². The van der Waals surface area contributed by atoms with E-state index in [1.165, 1.54) is 12.1 Å². The number of aromatic nitrogens is 2. The summed E-state index contributed by atoms with van der Waals surface area (Å²) in [7, 11) is 1.61. The summed E-state index contributed by atoms with van der Waals surface area (Å²) in [6.07, 6.45) is 0.763. The number of fused-ring (bicyclic) bond motifs is 1. The average molecular weight is 453 g/mol. The van der Waals surface area contributed by atoms with Crippen LogP contribution in [0.3, 0.4) is 0 Å². The Morgan fingerprint density at radius 2 is 1.79 bits per heavy atom. The standard InChI is InChI=1S/C25H29FN4O3/c1-3-22(23-27-21-11-7-5-9-19(21)25(32)30(23)16-17-33-2)28-12-14-29(15-13-28)24(31)18-8-4-6-10-20(18)26/h4-11,22H,3,12-17H2,1-2H3. The van der Waals surface area contributed by atoms with Crippen LogP contribution in [0.4, 0.5) is 4.39 Å². The van der Waals surface area contributed by atoms with Gasteiger partial charge in [-0.2, -0.15) is 0 Å². The molecule has 174 valence electrons. The Kier molecular flexibility index (Phi) is 7.15. The second-order valence-corrected chi connectivity index (χ2v) is 8.17. The third kappa shape index (κ3) is 4.67. The van der Waals surface area contributed by atoms with Gasteiger partial charge in [-0.1, -0.05) is 31.2 Å². The lowest BCUT2D eigenvalue weighted by molar-refractivity contribution is 0.0542. The van der Waals surface area contributed by atoms with Crippen molar-refractivity contribution >= 4 is 16.8 Å². The van der Waals surface area contributed by atoms with E-state index in [1.54, 1.807) is 34.8 Å². The van der Waals surface area contributed by atoms with Gasteiger partial charge in [-0.25, -0.2) is 9.37 Å². The van der Waals surface area contributed by atoms with Crippen LogP contribution in [0.1, 0.15) is 35.6 Å². The van der Waals surface area contributed by atoms with Gasteiger partial charge < -0.3 is 9.64 Å². The minimum absolute atomic E-state index is 0.0699. The second kappa shape index (κ2) is 10.2. The predicted octanol–water partition coefficient (Wildman–Crippen LogP) is 3.09. The summed E-state index contributed by atoms with van der Waals surface area (Å²) in [5, 5.41) is 0.590. The molecule has 33 heavy (non-hydrogen) atoms. The van der Waals surface area contributed by atoms with Crippen LogP contribution < -0.4 is 5.56 Å².